The first kappa shape index (κ1) is 17.0. The van der Waals surface area contributed by atoms with Gasteiger partial charge in [-0.1, -0.05) is 5.16 Å². The van der Waals surface area contributed by atoms with Crippen LogP contribution in [0.5, 0.6) is 0 Å². The molecule has 3 rings (SSSR count). The van der Waals surface area contributed by atoms with Crippen molar-refractivity contribution in [2.24, 2.45) is 5.92 Å². The molecule has 0 radical (unpaired) electrons. The second-order valence-corrected chi connectivity index (χ2v) is 7.77. The first-order valence-corrected chi connectivity index (χ1v) is 9.04. The molecule has 0 saturated carbocycles. The third-order valence-electron chi connectivity index (χ3n) is 4.11. The summed E-state index contributed by atoms with van der Waals surface area (Å²) in [5.41, 5.74) is 0. The van der Waals surface area contributed by atoms with Crippen molar-refractivity contribution in [2.45, 2.75) is 31.1 Å². The van der Waals surface area contributed by atoms with Crippen LogP contribution in [0.1, 0.15) is 24.6 Å². The summed E-state index contributed by atoms with van der Waals surface area (Å²) in [6.45, 7) is 2.32. The van der Waals surface area contributed by atoms with Crippen molar-refractivity contribution >= 4 is 10.0 Å². The highest BCUT2D eigenvalue weighted by atomic mass is 32.2. The van der Waals surface area contributed by atoms with E-state index >= 15 is 0 Å². The smallest absolute Gasteiger partial charge is 0.245 e. The van der Waals surface area contributed by atoms with Gasteiger partial charge in [-0.2, -0.15) is 9.29 Å². The van der Waals surface area contributed by atoms with Gasteiger partial charge in [0.2, 0.25) is 15.9 Å². The zero-order chi connectivity index (χ0) is 17.3. The van der Waals surface area contributed by atoms with Gasteiger partial charge in [-0.05, 0) is 30.9 Å². The van der Waals surface area contributed by atoms with E-state index < -0.39 is 26.6 Å². The van der Waals surface area contributed by atoms with Crippen LogP contribution >= 0.6 is 0 Å². The topological polar surface area (TPSA) is 76.3 Å². The van der Waals surface area contributed by atoms with Crippen LogP contribution in [0.15, 0.2) is 27.6 Å². The molecule has 0 aliphatic carbocycles. The van der Waals surface area contributed by atoms with Gasteiger partial charge in [-0.15, -0.1) is 0 Å². The Morgan fingerprint density at radius 2 is 2.17 bits per heavy atom. The Hall–Kier alpha value is -1.87. The highest BCUT2D eigenvalue weighted by molar-refractivity contribution is 7.89. The minimum absolute atomic E-state index is 0.141. The van der Waals surface area contributed by atoms with Gasteiger partial charge in [0.25, 0.3) is 0 Å². The van der Waals surface area contributed by atoms with Gasteiger partial charge >= 0.3 is 0 Å². The molecule has 9 heteroatoms. The molecule has 1 aliphatic rings. The third-order valence-corrected chi connectivity index (χ3v) is 6.00. The SMILES string of the molecule is Cc1nc(CCC2CCN(S(=O)(=O)c3ccc(F)cc3F)C2)no1. The molecule has 0 spiro atoms. The summed E-state index contributed by atoms with van der Waals surface area (Å²) in [5.74, 6) is -0.644. The predicted molar refractivity (Wildman–Crippen MR) is 80.6 cm³/mol. The van der Waals surface area contributed by atoms with Gasteiger partial charge in [0.05, 0.1) is 0 Å². The Morgan fingerprint density at radius 1 is 1.38 bits per heavy atom. The Labute approximate surface area is 138 Å². The summed E-state index contributed by atoms with van der Waals surface area (Å²) in [5, 5.41) is 3.81. The maximum atomic E-state index is 13.8. The standard InChI is InChI=1S/C15H17F2N3O3S/c1-10-18-15(19-23-10)5-2-11-6-7-20(9-11)24(21,22)14-4-3-12(16)8-13(14)17/h3-4,8,11H,2,5-7,9H2,1H3. The summed E-state index contributed by atoms with van der Waals surface area (Å²) in [6, 6.07) is 2.50. The van der Waals surface area contributed by atoms with Crippen molar-refractivity contribution in [3.63, 3.8) is 0 Å². The molecule has 130 valence electrons. The van der Waals surface area contributed by atoms with E-state index in [-0.39, 0.29) is 5.92 Å². The van der Waals surface area contributed by atoms with E-state index in [4.69, 9.17) is 4.52 Å². The zero-order valence-corrected chi connectivity index (χ0v) is 13.9. The molecule has 2 heterocycles. The fourth-order valence-electron chi connectivity index (χ4n) is 2.85. The molecular formula is C15H17F2N3O3S. The molecule has 24 heavy (non-hydrogen) atoms. The van der Waals surface area contributed by atoms with Crippen LogP contribution < -0.4 is 0 Å². The number of nitrogens with zero attached hydrogens (tertiary/aromatic N) is 3. The average molecular weight is 357 g/mol. The van der Waals surface area contributed by atoms with Gasteiger partial charge in [0.15, 0.2) is 5.82 Å². The maximum Gasteiger partial charge on any atom is 0.245 e. The highest BCUT2D eigenvalue weighted by Crippen LogP contribution is 2.28. The van der Waals surface area contributed by atoms with E-state index in [1.54, 1.807) is 6.92 Å². The molecule has 0 bridgehead atoms. The summed E-state index contributed by atoms with van der Waals surface area (Å²) in [6.07, 6.45) is 2.00. The van der Waals surface area contributed by atoms with E-state index in [9.17, 15) is 17.2 Å². The molecule has 2 aromatic rings. The first-order chi connectivity index (χ1) is 11.4. The van der Waals surface area contributed by atoms with Crippen LogP contribution in [0.25, 0.3) is 0 Å². The minimum atomic E-state index is -3.96. The molecule has 0 N–H and O–H groups in total. The molecule has 1 saturated heterocycles. The molecule has 1 atom stereocenters. The first-order valence-electron chi connectivity index (χ1n) is 7.60. The maximum absolute atomic E-state index is 13.8. The van der Waals surface area contributed by atoms with Crippen molar-refractivity contribution in [3.05, 3.63) is 41.5 Å². The molecule has 1 unspecified atom stereocenters. The van der Waals surface area contributed by atoms with Crippen LogP contribution in [0.2, 0.25) is 0 Å². The lowest BCUT2D eigenvalue weighted by Crippen LogP contribution is -2.29. The van der Waals surface area contributed by atoms with E-state index in [2.05, 4.69) is 10.1 Å². The number of rotatable bonds is 5. The molecule has 1 aromatic heterocycles. The number of aromatic nitrogens is 2. The largest absolute Gasteiger partial charge is 0.340 e. The van der Waals surface area contributed by atoms with Crippen molar-refractivity contribution in [3.8, 4) is 0 Å². The average Bonchev–Trinajstić information content (AvgIpc) is 3.14. The Bertz CT molecular complexity index is 838. The van der Waals surface area contributed by atoms with Gasteiger partial charge in [-0.3, -0.25) is 0 Å². The second-order valence-electron chi connectivity index (χ2n) is 5.86. The third kappa shape index (κ3) is 3.46. The van der Waals surface area contributed by atoms with Crippen LogP contribution in [0.4, 0.5) is 8.78 Å². The van der Waals surface area contributed by atoms with Gasteiger partial charge in [0.1, 0.15) is 16.5 Å². The summed E-state index contributed by atoms with van der Waals surface area (Å²) in [7, 11) is -3.96. The number of aryl methyl sites for hydroxylation is 2. The quantitative estimate of drug-likeness (QED) is 0.821. The second kappa shape index (κ2) is 6.56. The number of hydrogen-bond donors (Lipinski definition) is 0. The van der Waals surface area contributed by atoms with Crippen LogP contribution in [-0.2, 0) is 16.4 Å². The highest BCUT2D eigenvalue weighted by Gasteiger charge is 2.34. The van der Waals surface area contributed by atoms with Gasteiger partial charge in [-0.25, -0.2) is 17.2 Å². The van der Waals surface area contributed by atoms with Crippen molar-refractivity contribution in [2.75, 3.05) is 13.1 Å². The summed E-state index contributed by atoms with van der Waals surface area (Å²) in [4.78, 5) is 3.62. The lowest BCUT2D eigenvalue weighted by molar-refractivity contribution is 0.383. The Morgan fingerprint density at radius 3 is 2.83 bits per heavy atom. The molecule has 1 aromatic carbocycles. The predicted octanol–water partition coefficient (Wildman–Crippen LogP) is 2.30. The lowest BCUT2D eigenvalue weighted by atomic mass is 10.0. The molecule has 1 fully saturated rings. The van der Waals surface area contributed by atoms with Crippen LogP contribution in [0, 0.1) is 24.5 Å². The number of sulfonamides is 1. The minimum Gasteiger partial charge on any atom is -0.340 e. The summed E-state index contributed by atoms with van der Waals surface area (Å²) >= 11 is 0. The Kier molecular flexibility index (Phi) is 4.64. The van der Waals surface area contributed by atoms with Gasteiger partial charge < -0.3 is 4.52 Å². The summed E-state index contributed by atoms with van der Waals surface area (Å²) < 4.78 is 57.9. The fourth-order valence-corrected chi connectivity index (χ4v) is 4.43. The normalized spacial score (nSPS) is 19.0. The Balaban J connectivity index is 1.65. The van der Waals surface area contributed by atoms with Crippen LogP contribution in [-0.4, -0.2) is 36.0 Å². The van der Waals surface area contributed by atoms with Crippen LogP contribution in [0.3, 0.4) is 0 Å². The molecule has 6 nitrogen and oxygen atoms in total. The zero-order valence-electron chi connectivity index (χ0n) is 13.1. The van der Waals surface area contributed by atoms with Crippen molar-refractivity contribution < 1.29 is 21.7 Å². The van der Waals surface area contributed by atoms with Crippen molar-refractivity contribution in [1.82, 2.24) is 14.4 Å². The molecular weight excluding hydrogens is 340 g/mol. The number of hydrogen-bond acceptors (Lipinski definition) is 5. The van der Waals surface area contributed by atoms with E-state index in [0.717, 1.165) is 18.6 Å². The van der Waals surface area contributed by atoms with E-state index in [1.165, 1.54) is 4.31 Å². The lowest BCUT2D eigenvalue weighted by Gasteiger charge is -2.17. The number of halogens is 2. The van der Waals surface area contributed by atoms with E-state index in [1.807, 2.05) is 0 Å². The monoisotopic (exact) mass is 357 g/mol. The number of benzene rings is 1. The fraction of sp³-hybridized carbons (Fsp3) is 0.467. The molecule has 1 aliphatic heterocycles. The molecule has 0 amide bonds. The van der Waals surface area contributed by atoms with Gasteiger partial charge in [0, 0.05) is 32.5 Å². The van der Waals surface area contributed by atoms with E-state index in [0.29, 0.717) is 43.7 Å². The van der Waals surface area contributed by atoms with Crippen molar-refractivity contribution in [1.29, 1.82) is 0 Å².